The summed E-state index contributed by atoms with van der Waals surface area (Å²) in [4.78, 5) is 25.1. The van der Waals surface area contributed by atoms with Crippen molar-refractivity contribution in [2.75, 3.05) is 12.9 Å². The molecule has 0 unspecified atom stereocenters. The summed E-state index contributed by atoms with van der Waals surface area (Å²) in [6.45, 7) is 0.629. The number of benzene rings is 3. The van der Waals surface area contributed by atoms with E-state index in [2.05, 4.69) is 15.0 Å². The number of esters is 1. The number of hydrogen-bond donors (Lipinski definition) is 0. The molecule has 4 atom stereocenters. The SMILES string of the molecule is CSc1ncnc2c1ncn2[C@@H]1O[C@H](COC(c2ccccc2)(c2ccccc2)c2ccccc2)[C@@H](OC(C)=O)[C@H]1OS(=O)(=O)C(F)(F)F. The fraction of sp³-hybridized carbons (Fsp3) is 0.273. The molecular formula is C33H29F3N4O7S2. The number of fused-ring (bicyclic) bond motifs is 1. The Morgan fingerprint density at radius 1 is 0.878 bits per heavy atom. The van der Waals surface area contributed by atoms with Crippen LogP contribution in [0.2, 0.25) is 0 Å². The lowest BCUT2D eigenvalue weighted by Crippen LogP contribution is -2.44. The topological polar surface area (TPSA) is 132 Å². The van der Waals surface area contributed by atoms with Crippen LogP contribution in [0, 0.1) is 0 Å². The molecule has 3 aromatic carbocycles. The number of ether oxygens (including phenoxy) is 3. The molecule has 0 radical (unpaired) electrons. The third-order valence-electron chi connectivity index (χ3n) is 7.91. The Hall–Kier alpha value is -4.35. The van der Waals surface area contributed by atoms with Crippen molar-refractivity contribution < 1.29 is 44.8 Å². The molecule has 0 saturated carbocycles. The minimum absolute atomic E-state index is 0.123. The van der Waals surface area contributed by atoms with E-state index in [1.807, 2.05) is 91.0 Å². The van der Waals surface area contributed by atoms with Crippen molar-refractivity contribution in [3.05, 3.63) is 120 Å². The number of carbonyl (C=O) groups excluding carboxylic acids is 1. The summed E-state index contributed by atoms with van der Waals surface area (Å²) < 4.78 is 90.8. The van der Waals surface area contributed by atoms with Crippen molar-refractivity contribution in [1.82, 2.24) is 19.5 Å². The van der Waals surface area contributed by atoms with Crippen molar-refractivity contribution in [2.24, 2.45) is 0 Å². The van der Waals surface area contributed by atoms with Gasteiger partial charge in [-0.2, -0.15) is 21.6 Å². The molecule has 0 aliphatic carbocycles. The van der Waals surface area contributed by atoms with Crippen molar-refractivity contribution in [2.45, 2.75) is 47.6 Å². The molecule has 1 aliphatic rings. The van der Waals surface area contributed by atoms with Gasteiger partial charge in [0, 0.05) is 6.92 Å². The van der Waals surface area contributed by atoms with Crippen LogP contribution in [-0.2, 0) is 38.9 Å². The molecule has 49 heavy (non-hydrogen) atoms. The first-order chi connectivity index (χ1) is 23.5. The Morgan fingerprint density at radius 2 is 1.43 bits per heavy atom. The molecule has 5 aromatic rings. The Labute approximate surface area is 283 Å². The summed E-state index contributed by atoms with van der Waals surface area (Å²) in [5, 5.41) is 0.455. The molecule has 1 fully saturated rings. The Balaban J connectivity index is 1.48. The minimum atomic E-state index is -6.22. The number of imidazole rings is 1. The van der Waals surface area contributed by atoms with Crippen molar-refractivity contribution >= 4 is 39.0 Å². The second-order valence-corrected chi connectivity index (χ2v) is 13.3. The van der Waals surface area contributed by atoms with Gasteiger partial charge in [-0.15, -0.1) is 11.8 Å². The number of aromatic nitrogens is 4. The Kier molecular flexibility index (Phi) is 9.77. The monoisotopic (exact) mass is 714 g/mol. The van der Waals surface area contributed by atoms with Crippen molar-refractivity contribution in [3.63, 3.8) is 0 Å². The highest BCUT2D eigenvalue weighted by atomic mass is 32.2. The molecule has 2 aromatic heterocycles. The maximum atomic E-state index is 13.7. The van der Waals surface area contributed by atoms with E-state index in [9.17, 15) is 26.4 Å². The van der Waals surface area contributed by atoms with Gasteiger partial charge >= 0.3 is 21.6 Å². The molecule has 0 amide bonds. The summed E-state index contributed by atoms with van der Waals surface area (Å²) in [5.41, 5.74) is -4.56. The van der Waals surface area contributed by atoms with Crippen LogP contribution >= 0.6 is 11.8 Å². The third kappa shape index (κ3) is 6.66. The number of carbonyl (C=O) groups is 1. The van der Waals surface area contributed by atoms with Gasteiger partial charge in [-0.25, -0.2) is 15.0 Å². The zero-order valence-corrected chi connectivity index (χ0v) is 27.6. The zero-order chi connectivity index (χ0) is 34.8. The molecule has 0 spiro atoms. The summed E-state index contributed by atoms with van der Waals surface area (Å²) in [6.07, 6.45) is -2.51. The van der Waals surface area contributed by atoms with E-state index in [0.29, 0.717) is 21.7 Å². The van der Waals surface area contributed by atoms with Crippen molar-refractivity contribution in [1.29, 1.82) is 0 Å². The van der Waals surface area contributed by atoms with Crippen LogP contribution < -0.4 is 0 Å². The number of hydrogen-bond acceptors (Lipinski definition) is 11. The van der Waals surface area contributed by atoms with E-state index in [1.165, 1.54) is 29.0 Å². The lowest BCUT2D eigenvalue weighted by molar-refractivity contribution is -0.155. The molecule has 16 heteroatoms. The van der Waals surface area contributed by atoms with Crippen LogP contribution in [0.5, 0.6) is 0 Å². The normalized spacial score (nSPS) is 20.0. The molecule has 11 nitrogen and oxygen atoms in total. The van der Waals surface area contributed by atoms with Gasteiger partial charge in [0.25, 0.3) is 0 Å². The molecule has 0 N–H and O–H groups in total. The van der Waals surface area contributed by atoms with Gasteiger partial charge in [0.15, 0.2) is 24.1 Å². The summed E-state index contributed by atoms with van der Waals surface area (Å²) >= 11 is 1.25. The maximum absolute atomic E-state index is 13.7. The largest absolute Gasteiger partial charge is 0.523 e. The maximum Gasteiger partial charge on any atom is 0.523 e. The lowest BCUT2D eigenvalue weighted by atomic mass is 9.80. The predicted octanol–water partition coefficient (Wildman–Crippen LogP) is 5.62. The van der Waals surface area contributed by atoms with Crippen LogP contribution in [0.1, 0.15) is 29.8 Å². The molecule has 1 aliphatic heterocycles. The van der Waals surface area contributed by atoms with E-state index < -0.39 is 58.3 Å². The number of rotatable bonds is 11. The average molecular weight is 715 g/mol. The standard InChI is InChI=1S/C33H29F3N4O7S2/c1-21(41)45-27-25(18-44-32(22-12-6-3-7-13-22,23-14-8-4-9-15-23)24-16-10-5-11-17-24)46-31(28(27)47-49(42,43)33(34,35)36)40-20-39-26-29(40)37-19-38-30(26)48-2/h3-17,19-20,25,27-28,31H,18H2,1-2H3/t25-,27-,28-,31-/m1/s1. The van der Waals surface area contributed by atoms with Gasteiger partial charge in [0.1, 0.15) is 28.6 Å². The Bertz CT molecular complexity index is 1920. The smallest absolute Gasteiger partial charge is 0.457 e. The van der Waals surface area contributed by atoms with Crippen LogP contribution in [0.3, 0.4) is 0 Å². The Morgan fingerprint density at radius 3 is 1.92 bits per heavy atom. The van der Waals surface area contributed by atoms with E-state index >= 15 is 0 Å². The van der Waals surface area contributed by atoms with E-state index in [4.69, 9.17) is 18.4 Å². The number of alkyl halides is 3. The van der Waals surface area contributed by atoms with E-state index in [-0.39, 0.29) is 11.2 Å². The predicted molar refractivity (Wildman–Crippen MR) is 172 cm³/mol. The van der Waals surface area contributed by atoms with Crippen LogP contribution in [0.4, 0.5) is 13.2 Å². The fourth-order valence-electron chi connectivity index (χ4n) is 5.85. The fourth-order valence-corrected chi connectivity index (χ4v) is 6.94. The number of halogens is 3. The molecule has 256 valence electrons. The summed E-state index contributed by atoms with van der Waals surface area (Å²) in [5.74, 6) is -0.916. The second kappa shape index (κ2) is 13.9. The summed E-state index contributed by atoms with van der Waals surface area (Å²) in [7, 11) is -6.22. The molecule has 6 rings (SSSR count). The van der Waals surface area contributed by atoms with Crippen molar-refractivity contribution in [3.8, 4) is 0 Å². The zero-order valence-electron chi connectivity index (χ0n) is 25.9. The highest BCUT2D eigenvalue weighted by Gasteiger charge is 2.57. The molecule has 0 bridgehead atoms. The lowest BCUT2D eigenvalue weighted by Gasteiger charge is -2.37. The van der Waals surface area contributed by atoms with Crippen LogP contribution in [0.15, 0.2) is 109 Å². The number of thioether (sulfide) groups is 1. The van der Waals surface area contributed by atoms with Gasteiger partial charge in [-0.3, -0.25) is 13.5 Å². The number of nitrogens with zero attached hydrogens (tertiary/aromatic N) is 4. The molecule has 3 heterocycles. The first-order valence-electron chi connectivity index (χ1n) is 14.8. The molecule has 1 saturated heterocycles. The second-order valence-electron chi connectivity index (χ2n) is 10.9. The van der Waals surface area contributed by atoms with Crippen LogP contribution in [0.25, 0.3) is 11.2 Å². The third-order valence-corrected chi connectivity index (χ3v) is 9.63. The van der Waals surface area contributed by atoms with Gasteiger partial charge in [-0.05, 0) is 22.9 Å². The van der Waals surface area contributed by atoms with E-state index in [0.717, 1.165) is 6.92 Å². The van der Waals surface area contributed by atoms with E-state index in [1.54, 1.807) is 6.26 Å². The van der Waals surface area contributed by atoms with Crippen LogP contribution in [-0.4, -0.2) is 70.6 Å². The quantitative estimate of drug-likeness (QED) is 0.0422. The van der Waals surface area contributed by atoms with Gasteiger partial charge < -0.3 is 14.2 Å². The highest BCUT2D eigenvalue weighted by Crippen LogP contribution is 2.44. The summed E-state index contributed by atoms with van der Waals surface area (Å²) in [6, 6.07) is 27.7. The highest BCUT2D eigenvalue weighted by molar-refractivity contribution is 7.98. The van der Waals surface area contributed by atoms with Gasteiger partial charge in [-0.1, -0.05) is 91.0 Å². The average Bonchev–Trinajstić information content (AvgIpc) is 3.66. The minimum Gasteiger partial charge on any atom is -0.457 e. The first-order valence-corrected chi connectivity index (χ1v) is 17.4. The molecular weight excluding hydrogens is 686 g/mol. The van der Waals surface area contributed by atoms with Gasteiger partial charge in [0.05, 0.1) is 12.9 Å². The first kappa shape index (κ1) is 34.5. The van der Waals surface area contributed by atoms with Gasteiger partial charge in [0.2, 0.25) is 0 Å².